The number of carbonyl (C=O) groups is 1. The van der Waals surface area contributed by atoms with E-state index in [9.17, 15) is 14.0 Å². The maximum atomic E-state index is 13.4. The first kappa shape index (κ1) is 19.0. The van der Waals surface area contributed by atoms with Crippen LogP contribution in [0.3, 0.4) is 0 Å². The smallest absolute Gasteiger partial charge is 0.409 e. The minimum atomic E-state index is -0.339. The number of nitrogens with zero attached hydrogens (tertiary/aromatic N) is 3. The van der Waals surface area contributed by atoms with Gasteiger partial charge in [-0.05, 0) is 49.8 Å². The van der Waals surface area contributed by atoms with Crippen molar-refractivity contribution < 1.29 is 13.9 Å². The highest BCUT2D eigenvalue weighted by Crippen LogP contribution is 2.27. The van der Waals surface area contributed by atoms with Gasteiger partial charge in [0, 0.05) is 38.8 Å². The zero-order valence-corrected chi connectivity index (χ0v) is 16.2. The van der Waals surface area contributed by atoms with Crippen LogP contribution in [0.25, 0.3) is 11.0 Å². The summed E-state index contributed by atoms with van der Waals surface area (Å²) in [6.07, 6.45) is 3.59. The van der Waals surface area contributed by atoms with Gasteiger partial charge < -0.3 is 19.5 Å². The molecular formula is C20H27FN4O3. The molecule has 2 fully saturated rings. The summed E-state index contributed by atoms with van der Waals surface area (Å²) in [5, 5.41) is 0. The van der Waals surface area contributed by atoms with Crippen LogP contribution in [0.15, 0.2) is 23.0 Å². The van der Waals surface area contributed by atoms with Crippen LogP contribution in [-0.4, -0.2) is 65.3 Å². The topological polar surface area (TPSA) is 70.6 Å². The van der Waals surface area contributed by atoms with Crippen molar-refractivity contribution in [1.82, 2.24) is 19.4 Å². The molecule has 2 saturated heterocycles. The number of hydrogen-bond acceptors (Lipinski definition) is 4. The first-order chi connectivity index (χ1) is 13.5. The van der Waals surface area contributed by atoms with Gasteiger partial charge >= 0.3 is 11.8 Å². The molecule has 0 aliphatic carbocycles. The number of methoxy groups -OCH3 is 1. The number of hydrogen-bond donors (Lipinski definition) is 1. The molecule has 28 heavy (non-hydrogen) atoms. The fourth-order valence-electron chi connectivity index (χ4n) is 4.62. The Hall–Kier alpha value is -2.35. The lowest BCUT2D eigenvalue weighted by atomic mass is 9.95. The van der Waals surface area contributed by atoms with Crippen LogP contribution in [-0.2, 0) is 4.74 Å². The summed E-state index contributed by atoms with van der Waals surface area (Å²) < 4.78 is 20.0. The van der Waals surface area contributed by atoms with Gasteiger partial charge in [0.15, 0.2) is 0 Å². The van der Waals surface area contributed by atoms with Gasteiger partial charge in [0.25, 0.3) is 0 Å². The van der Waals surface area contributed by atoms with Crippen molar-refractivity contribution in [2.24, 2.45) is 5.92 Å². The predicted octanol–water partition coefficient (Wildman–Crippen LogP) is 2.58. The Balaban J connectivity index is 1.33. The Bertz CT molecular complexity index is 892. The number of piperidine rings is 2. The van der Waals surface area contributed by atoms with E-state index in [1.54, 1.807) is 15.5 Å². The van der Waals surface area contributed by atoms with Crippen LogP contribution < -0.4 is 5.69 Å². The Kier molecular flexibility index (Phi) is 5.39. The highest BCUT2D eigenvalue weighted by molar-refractivity contribution is 5.75. The average molecular weight is 390 g/mol. The van der Waals surface area contributed by atoms with E-state index in [1.165, 1.54) is 19.2 Å². The van der Waals surface area contributed by atoms with Crippen LogP contribution in [0, 0.1) is 11.7 Å². The van der Waals surface area contributed by atoms with Crippen molar-refractivity contribution in [2.75, 3.05) is 39.8 Å². The zero-order valence-electron chi connectivity index (χ0n) is 16.2. The highest BCUT2D eigenvalue weighted by atomic mass is 19.1. The summed E-state index contributed by atoms with van der Waals surface area (Å²) in [7, 11) is 1.42. The molecule has 8 heteroatoms. The third-order valence-corrected chi connectivity index (χ3v) is 6.16. The Morgan fingerprint density at radius 2 is 1.89 bits per heavy atom. The standard InChI is InChI=1S/C20H27FN4O3/c1-28-20(27)24-10-4-14(5-11-24)13-23-8-6-16(7-9-23)25-18-3-2-15(21)12-17(18)22-19(25)26/h2-3,12,14,16H,4-11,13H2,1H3,(H,22,26). The van der Waals surface area contributed by atoms with Crippen LogP contribution in [0.5, 0.6) is 0 Å². The van der Waals surface area contributed by atoms with Crippen molar-refractivity contribution >= 4 is 17.1 Å². The number of imidazole rings is 1. The molecule has 0 unspecified atom stereocenters. The predicted molar refractivity (Wildman–Crippen MR) is 104 cm³/mol. The molecule has 1 N–H and O–H groups in total. The van der Waals surface area contributed by atoms with Gasteiger partial charge in [-0.15, -0.1) is 0 Å². The third kappa shape index (κ3) is 3.78. The second kappa shape index (κ2) is 7.95. The average Bonchev–Trinajstić information content (AvgIpc) is 3.03. The molecule has 152 valence electrons. The normalized spacial score (nSPS) is 20.0. The number of aromatic nitrogens is 2. The van der Waals surface area contributed by atoms with E-state index in [2.05, 4.69) is 9.88 Å². The highest BCUT2D eigenvalue weighted by Gasteiger charge is 2.28. The number of ether oxygens (including phenoxy) is 1. The summed E-state index contributed by atoms with van der Waals surface area (Å²) in [4.78, 5) is 31.0. The van der Waals surface area contributed by atoms with E-state index in [0.29, 0.717) is 11.4 Å². The number of carbonyl (C=O) groups excluding carboxylic acids is 1. The summed E-state index contributed by atoms with van der Waals surface area (Å²) >= 11 is 0. The lowest BCUT2D eigenvalue weighted by Crippen LogP contribution is -2.43. The lowest BCUT2D eigenvalue weighted by Gasteiger charge is -2.37. The van der Waals surface area contributed by atoms with E-state index in [0.717, 1.165) is 63.9 Å². The van der Waals surface area contributed by atoms with Crippen LogP contribution in [0.4, 0.5) is 9.18 Å². The number of halogens is 1. The largest absolute Gasteiger partial charge is 0.453 e. The number of benzene rings is 1. The molecule has 0 bridgehead atoms. The fraction of sp³-hybridized carbons (Fsp3) is 0.600. The molecule has 2 aliphatic rings. The molecule has 0 saturated carbocycles. The third-order valence-electron chi connectivity index (χ3n) is 6.16. The Morgan fingerprint density at radius 1 is 1.18 bits per heavy atom. The molecular weight excluding hydrogens is 363 g/mol. The van der Waals surface area contributed by atoms with Gasteiger partial charge in [-0.1, -0.05) is 0 Å². The van der Waals surface area contributed by atoms with E-state index in [1.807, 2.05) is 0 Å². The lowest BCUT2D eigenvalue weighted by molar-refractivity contribution is 0.0920. The van der Waals surface area contributed by atoms with Gasteiger partial charge in [-0.3, -0.25) is 4.57 Å². The molecule has 1 aromatic carbocycles. The van der Waals surface area contributed by atoms with Gasteiger partial charge in [0.2, 0.25) is 0 Å². The summed E-state index contributed by atoms with van der Waals surface area (Å²) in [5.74, 6) is 0.255. The molecule has 1 amide bonds. The summed E-state index contributed by atoms with van der Waals surface area (Å²) in [6.45, 7) is 4.45. The Morgan fingerprint density at radius 3 is 2.57 bits per heavy atom. The molecule has 2 aliphatic heterocycles. The van der Waals surface area contributed by atoms with Crippen molar-refractivity contribution in [1.29, 1.82) is 0 Å². The zero-order chi connectivity index (χ0) is 19.7. The molecule has 0 atom stereocenters. The molecule has 4 rings (SSSR count). The maximum absolute atomic E-state index is 13.4. The second-order valence-corrected chi connectivity index (χ2v) is 7.89. The first-order valence-corrected chi connectivity index (χ1v) is 10.00. The number of amides is 1. The molecule has 1 aromatic heterocycles. The van der Waals surface area contributed by atoms with Gasteiger partial charge in [-0.25, -0.2) is 14.0 Å². The van der Waals surface area contributed by atoms with E-state index >= 15 is 0 Å². The van der Waals surface area contributed by atoms with Gasteiger partial charge in [0.05, 0.1) is 18.1 Å². The van der Waals surface area contributed by atoms with Crippen LogP contribution in [0.1, 0.15) is 31.7 Å². The van der Waals surface area contributed by atoms with Crippen LogP contribution in [0.2, 0.25) is 0 Å². The van der Waals surface area contributed by atoms with E-state index in [4.69, 9.17) is 4.74 Å². The SMILES string of the molecule is COC(=O)N1CCC(CN2CCC(n3c(=O)[nH]c4cc(F)ccc43)CC2)CC1. The number of nitrogens with one attached hydrogen (secondary N) is 1. The van der Waals surface area contributed by atoms with Crippen LogP contribution >= 0.6 is 0 Å². The summed E-state index contributed by atoms with van der Waals surface area (Å²) in [5.41, 5.74) is 1.18. The van der Waals surface area contributed by atoms with E-state index in [-0.39, 0.29) is 23.6 Å². The quantitative estimate of drug-likeness (QED) is 0.875. The molecule has 0 radical (unpaired) electrons. The van der Waals surface area contributed by atoms with Crippen molar-refractivity contribution in [3.63, 3.8) is 0 Å². The minimum Gasteiger partial charge on any atom is -0.453 e. The molecule has 2 aromatic rings. The van der Waals surface area contributed by atoms with Gasteiger partial charge in [-0.2, -0.15) is 0 Å². The molecule has 3 heterocycles. The number of rotatable bonds is 3. The number of aromatic amines is 1. The van der Waals surface area contributed by atoms with Crippen molar-refractivity contribution in [3.05, 3.63) is 34.5 Å². The number of fused-ring (bicyclic) bond motifs is 1. The molecule has 0 spiro atoms. The first-order valence-electron chi connectivity index (χ1n) is 10.00. The fourth-order valence-corrected chi connectivity index (χ4v) is 4.62. The maximum Gasteiger partial charge on any atom is 0.409 e. The number of likely N-dealkylation sites (tertiary alicyclic amines) is 2. The Labute approximate surface area is 163 Å². The summed E-state index contributed by atoms with van der Waals surface area (Å²) in [6, 6.07) is 4.61. The van der Waals surface area contributed by atoms with E-state index < -0.39 is 0 Å². The molecule has 7 nitrogen and oxygen atoms in total. The van der Waals surface area contributed by atoms with Gasteiger partial charge in [0.1, 0.15) is 5.82 Å². The van der Waals surface area contributed by atoms with Crippen molar-refractivity contribution in [2.45, 2.75) is 31.7 Å². The van der Waals surface area contributed by atoms with Crippen molar-refractivity contribution in [3.8, 4) is 0 Å². The minimum absolute atomic E-state index is 0.143. The monoisotopic (exact) mass is 390 g/mol. The number of H-pyrrole nitrogens is 1. The second-order valence-electron chi connectivity index (χ2n) is 7.89.